The molecule has 1 aliphatic heterocycles. The molecule has 2 aromatic rings. The van der Waals surface area contributed by atoms with Gasteiger partial charge in [-0.15, -0.1) is 24.0 Å². The van der Waals surface area contributed by atoms with Crippen LogP contribution in [0.1, 0.15) is 19.2 Å². The third-order valence-electron chi connectivity index (χ3n) is 4.40. The van der Waals surface area contributed by atoms with Crippen molar-refractivity contribution in [2.45, 2.75) is 25.1 Å². The summed E-state index contributed by atoms with van der Waals surface area (Å²) in [6, 6.07) is 7.72. The predicted octanol–water partition coefficient (Wildman–Crippen LogP) is 3.00. The Bertz CT molecular complexity index is 736. The Morgan fingerprint density at radius 1 is 1.41 bits per heavy atom. The van der Waals surface area contributed by atoms with Gasteiger partial charge in [-0.25, -0.2) is 4.98 Å². The number of aliphatic imine (C=N–C) groups is 1. The standard InChI is InChI=1S/C18H26N6OS.HI/c1-4-15-12-24(9-10-26-15)18(19-2)20-11-16-21-17(23-22-16)13-5-7-14(25-3)8-6-13;/h5-8,15H,4,9-12H2,1-3H3,(H,19,20)(H,21,22,23);1H. The van der Waals surface area contributed by atoms with E-state index < -0.39 is 0 Å². The Balaban J connectivity index is 0.00000261. The van der Waals surface area contributed by atoms with Gasteiger partial charge in [-0.2, -0.15) is 16.9 Å². The first-order valence-corrected chi connectivity index (χ1v) is 9.91. The van der Waals surface area contributed by atoms with E-state index in [9.17, 15) is 0 Å². The van der Waals surface area contributed by atoms with E-state index in [2.05, 4.69) is 49.1 Å². The maximum Gasteiger partial charge on any atom is 0.194 e. The summed E-state index contributed by atoms with van der Waals surface area (Å²) < 4.78 is 5.18. The van der Waals surface area contributed by atoms with Gasteiger partial charge in [-0.1, -0.05) is 6.92 Å². The van der Waals surface area contributed by atoms with Gasteiger partial charge in [0.05, 0.1) is 13.7 Å². The van der Waals surface area contributed by atoms with Crippen LogP contribution in [0.2, 0.25) is 0 Å². The summed E-state index contributed by atoms with van der Waals surface area (Å²) in [6.07, 6.45) is 1.19. The van der Waals surface area contributed by atoms with E-state index in [-0.39, 0.29) is 24.0 Å². The van der Waals surface area contributed by atoms with Crippen LogP contribution in [-0.4, -0.2) is 64.3 Å². The number of nitrogens with one attached hydrogen (secondary N) is 2. The minimum Gasteiger partial charge on any atom is -0.497 e. The third-order valence-corrected chi connectivity index (χ3v) is 5.77. The topological polar surface area (TPSA) is 78.4 Å². The quantitative estimate of drug-likeness (QED) is 0.372. The normalized spacial score (nSPS) is 17.4. The molecule has 0 aliphatic carbocycles. The van der Waals surface area contributed by atoms with Crippen molar-refractivity contribution in [1.29, 1.82) is 0 Å². The first kappa shape index (κ1) is 21.8. The van der Waals surface area contributed by atoms with Crippen LogP contribution in [0.5, 0.6) is 5.75 Å². The molecular weight excluding hydrogens is 475 g/mol. The molecule has 1 fully saturated rings. The number of hydrogen-bond donors (Lipinski definition) is 2. The highest BCUT2D eigenvalue weighted by molar-refractivity contribution is 14.0. The monoisotopic (exact) mass is 502 g/mol. The number of hydrogen-bond acceptors (Lipinski definition) is 5. The summed E-state index contributed by atoms with van der Waals surface area (Å²) in [4.78, 5) is 11.3. The van der Waals surface area contributed by atoms with E-state index in [0.29, 0.717) is 17.6 Å². The summed E-state index contributed by atoms with van der Waals surface area (Å²) in [5.74, 6) is 4.35. The Kier molecular flexibility index (Phi) is 8.68. The highest BCUT2D eigenvalue weighted by Crippen LogP contribution is 2.21. The molecule has 0 spiro atoms. The summed E-state index contributed by atoms with van der Waals surface area (Å²) in [6.45, 7) is 4.87. The SMILES string of the molecule is CCC1CN(C(=NC)NCc2nc(-c3ccc(OC)cc3)n[nH]2)CCS1.I. The second-order valence-corrected chi connectivity index (χ2v) is 7.49. The molecule has 148 valence electrons. The first-order chi connectivity index (χ1) is 12.7. The largest absolute Gasteiger partial charge is 0.497 e. The smallest absolute Gasteiger partial charge is 0.194 e. The number of rotatable bonds is 5. The average Bonchev–Trinajstić information content (AvgIpc) is 3.17. The van der Waals surface area contributed by atoms with E-state index in [0.717, 1.165) is 41.9 Å². The Morgan fingerprint density at radius 3 is 2.85 bits per heavy atom. The van der Waals surface area contributed by atoms with Gasteiger partial charge in [0.25, 0.3) is 0 Å². The molecule has 3 rings (SSSR count). The fraction of sp³-hybridized carbons (Fsp3) is 0.500. The number of guanidine groups is 1. The van der Waals surface area contributed by atoms with Crippen LogP contribution in [-0.2, 0) is 6.54 Å². The molecule has 27 heavy (non-hydrogen) atoms. The summed E-state index contributed by atoms with van der Waals surface area (Å²) in [5.41, 5.74) is 0.955. The molecule has 0 radical (unpaired) electrons. The van der Waals surface area contributed by atoms with Crippen LogP contribution < -0.4 is 10.1 Å². The highest BCUT2D eigenvalue weighted by Gasteiger charge is 2.21. The second-order valence-electron chi connectivity index (χ2n) is 6.08. The number of aromatic amines is 1. The summed E-state index contributed by atoms with van der Waals surface area (Å²) in [7, 11) is 3.48. The zero-order chi connectivity index (χ0) is 18.4. The first-order valence-electron chi connectivity index (χ1n) is 8.86. The molecular formula is C18H27IN6OS. The molecule has 1 aromatic heterocycles. The molecule has 1 atom stereocenters. The van der Waals surface area contributed by atoms with Gasteiger partial charge in [0.2, 0.25) is 0 Å². The molecule has 7 nitrogen and oxygen atoms in total. The van der Waals surface area contributed by atoms with Crippen molar-refractivity contribution in [2.24, 2.45) is 4.99 Å². The molecule has 1 aliphatic rings. The van der Waals surface area contributed by atoms with Crippen molar-refractivity contribution in [3.63, 3.8) is 0 Å². The minimum absolute atomic E-state index is 0. The van der Waals surface area contributed by atoms with Crippen molar-refractivity contribution in [1.82, 2.24) is 25.4 Å². The number of nitrogens with zero attached hydrogens (tertiary/aromatic N) is 4. The van der Waals surface area contributed by atoms with Crippen LogP contribution in [0.4, 0.5) is 0 Å². The predicted molar refractivity (Wildman–Crippen MR) is 122 cm³/mol. The van der Waals surface area contributed by atoms with E-state index in [1.807, 2.05) is 31.3 Å². The molecule has 2 N–H and O–H groups in total. The molecule has 1 saturated heterocycles. The van der Waals surface area contributed by atoms with Gasteiger partial charge in [0.15, 0.2) is 11.8 Å². The van der Waals surface area contributed by atoms with Crippen LogP contribution >= 0.6 is 35.7 Å². The Labute approximate surface area is 181 Å². The van der Waals surface area contributed by atoms with Crippen LogP contribution in [0.15, 0.2) is 29.3 Å². The Hall–Kier alpha value is -1.49. The third kappa shape index (κ3) is 5.74. The number of thioether (sulfide) groups is 1. The molecule has 1 aromatic carbocycles. The maximum atomic E-state index is 5.18. The van der Waals surface area contributed by atoms with Crippen molar-refractivity contribution < 1.29 is 4.74 Å². The van der Waals surface area contributed by atoms with Crippen molar-refractivity contribution in [3.8, 4) is 17.1 Å². The fourth-order valence-corrected chi connectivity index (χ4v) is 4.08. The molecule has 0 amide bonds. The number of halogens is 1. The van der Waals surface area contributed by atoms with Crippen molar-refractivity contribution in [2.75, 3.05) is 33.0 Å². The summed E-state index contributed by atoms with van der Waals surface area (Å²) in [5, 5.41) is 11.4. The highest BCUT2D eigenvalue weighted by atomic mass is 127. The number of ether oxygens (including phenoxy) is 1. The lowest BCUT2D eigenvalue weighted by molar-refractivity contribution is 0.407. The van der Waals surface area contributed by atoms with E-state index >= 15 is 0 Å². The van der Waals surface area contributed by atoms with Crippen molar-refractivity contribution >= 4 is 41.7 Å². The van der Waals surface area contributed by atoms with Gasteiger partial charge in [-0.05, 0) is 30.7 Å². The van der Waals surface area contributed by atoms with E-state index in [1.54, 1.807) is 7.11 Å². The average molecular weight is 502 g/mol. The fourth-order valence-electron chi connectivity index (χ4n) is 2.90. The van der Waals surface area contributed by atoms with Crippen molar-refractivity contribution in [3.05, 3.63) is 30.1 Å². The number of H-pyrrole nitrogens is 1. The lowest BCUT2D eigenvalue weighted by Gasteiger charge is -2.34. The number of methoxy groups -OCH3 is 1. The van der Waals surface area contributed by atoms with E-state index in [1.165, 1.54) is 6.42 Å². The van der Waals surface area contributed by atoms with Crippen LogP contribution in [0, 0.1) is 0 Å². The minimum atomic E-state index is 0. The summed E-state index contributed by atoms with van der Waals surface area (Å²) >= 11 is 2.05. The van der Waals surface area contributed by atoms with E-state index in [4.69, 9.17) is 4.74 Å². The zero-order valence-corrected chi connectivity index (χ0v) is 19.1. The molecule has 0 bridgehead atoms. The van der Waals surface area contributed by atoms with Crippen LogP contribution in [0.3, 0.4) is 0 Å². The van der Waals surface area contributed by atoms with Gasteiger partial charge in [0.1, 0.15) is 11.6 Å². The zero-order valence-electron chi connectivity index (χ0n) is 15.9. The van der Waals surface area contributed by atoms with Gasteiger partial charge < -0.3 is 15.0 Å². The molecule has 1 unspecified atom stereocenters. The van der Waals surface area contributed by atoms with Crippen LogP contribution in [0.25, 0.3) is 11.4 Å². The lowest BCUT2D eigenvalue weighted by Crippen LogP contribution is -2.47. The van der Waals surface area contributed by atoms with Gasteiger partial charge in [-0.3, -0.25) is 10.1 Å². The molecule has 2 heterocycles. The van der Waals surface area contributed by atoms with Gasteiger partial charge in [0, 0.05) is 36.7 Å². The number of aromatic nitrogens is 3. The molecule has 0 saturated carbocycles. The van der Waals surface area contributed by atoms with Gasteiger partial charge >= 0.3 is 0 Å². The number of benzene rings is 1. The lowest BCUT2D eigenvalue weighted by atomic mass is 10.2. The Morgan fingerprint density at radius 2 is 2.19 bits per heavy atom. The molecule has 9 heteroatoms. The maximum absolute atomic E-state index is 5.18. The second kappa shape index (κ2) is 10.7.